The second-order valence-electron chi connectivity index (χ2n) is 5.66. The summed E-state index contributed by atoms with van der Waals surface area (Å²) in [6.07, 6.45) is 1.76. The van der Waals surface area contributed by atoms with Crippen molar-refractivity contribution in [3.63, 3.8) is 0 Å². The Balaban J connectivity index is 0.00000242. The molecule has 1 aromatic rings. The number of rotatable bonds is 6. The summed E-state index contributed by atoms with van der Waals surface area (Å²) < 4.78 is 37.9. The summed E-state index contributed by atoms with van der Waals surface area (Å²) in [6, 6.07) is 0. The Morgan fingerprint density at radius 1 is 1.36 bits per heavy atom. The van der Waals surface area contributed by atoms with Crippen LogP contribution in [-0.2, 0) is 14.8 Å². The molecule has 0 aliphatic carbocycles. The van der Waals surface area contributed by atoms with E-state index in [-0.39, 0.29) is 22.7 Å². The standard InChI is InChI=1S/C13H23N3O4S.ClH/c1-10-12(11(2)20-16-10)21(17,18)15-8-13(9-19-3)4-6-14-7-5-13;/h14-15H,4-9H2,1-3H3;1H. The molecule has 2 N–H and O–H groups in total. The molecule has 0 amide bonds. The van der Waals surface area contributed by atoms with Gasteiger partial charge in [0.2, 0.25) is 10.0 Å². The molecule has 7 nitrogen and oxygen atoms in total. The van der Waals surface area contributed by atoms with E-state index in [1.807, 2.05) is 0 Å². The lowest BCUT2D eigenvalue weighted by atomic mass is 9.80. The Labute approximate surface area is 137 Å². The first-order valence-electron chi connectivity index (χ1n) is 7.02. The van der Waals surface area contributed by atoms with E-state index in [9.17, 15) is 8.42 Å². The monoisotopic (exact) mass is 353 g/mol. The van der Waals surface area contributed by atoms with Crippen LogP contribution in [0.25, 0.3) is 0 Å². The first kappa shape index (κ1) is 19.4. The molecule has 0 saturated carbocycles. The van der Waals surface area contributed by atoms with E-state index in [0.717, 1.165) is 25.9 Å². The van der Waals surface area contributed by atoms with Gasteiger partial charge in [-0.1, -0.05) is 5.16 Å². The first-order valence-corrected chi connectivity index (χ1v) is 8.51. The summed E-state index contributed by atoms with van der Waals surface area (Å²) in [7, 11) is -1.97. The van der Waals surface area contributed by atoms with E-state index in [0.29, 0.717) is 24.6 Å². The van der Waals surface area contributed by atoms with Gasteiger partial charge in [-0.25, -0.2) is 13.1 Å². The summed E-state index contributed by atoms with van der Waals surface area (Å²) in [4.78, 5) is 0.143. The fourth-order valence-electron chi connectivity index (χ4n) is 2.81. The Morgan fingerprint density at radius 3 is 2.50 bits per heavy atom. The zero-order valence-corrected chi connectivity index (χ0v) is 14.8. The molecule has 1 saturated heterocycles. The molecule has 128 valence electrons. The Hall–Kier alpha value is -0.670. The van der Waals surface area contributed by atoms with Gasteiger partial charge >= 0.3 is 0 Å². The van der Waals surface area contributed by atoms with Gasteiger partial charge < -0.3 is 14.6 Å². The minimum atomic E-state index is -3.62. The number of nitrogens with zero attached hydrogens (tertiary/aromatic N) is 1. The molecule has 1 aromatic heterocycles. The lowest BCUT2D eigenvalue weighted by Gasteiger charge is -2.37. The third-order valence-corrected chi connectivity index (χ3v) is 5.63. The number of methoxy groups -OCH3 is 1. The predicted octanol–water partition coefficient (Wildman–Crippen LogP) is 1.01. The minimum absolute atomic E-state index is 0. The second kappa shape index (κ2) is 7.74. The Kier molecular flexibility index (Phi) is 6.82. The molecule has 0 aromatic carbocycles. The van der Waals surface area contributed by atoms with Crippen LogP contribution in [0.5, 0.6) is 0 Å². The van der Waals surface area contributed by atoms with Crippen molar-refractivity contribution in [2.75, 3.05) is 33.4 Å². The van der Waals surface area contributed by atoms with Crippen LogP contribution in [0.15, 0.2) is 9.42 Å². The van der Waals surface area contributed by atoms with E-state index in [1.54, 1.807) is 21.0 Å². The predicted molar refractivity (Wildman–Crippen MR) is 84.8 cm³/mol. The van der Waals surface area contributed by atoms with Crippen LogP contribution >= 0.6 is 12.4 Å². The molecular formula is C13H24ClN3O4S. The van der Waals surface area contributed by atoms with Crippen molar-refractivity contribution in [2.45, 2.75) is 31.6 Å². The van der Waals surface area contributed by atoms with E-state index in [1.165, 1.54) is 0 Å². The molecule has 0 radical (unpaired) electrons. The number of halogens is 1. The van der Waals surface area contributed by atoms with Crippen LogP contribution in [0, 0.1) is 19.3 Å². The summed E-state index contributed by atoms with van der Waals surface area (Å²) >= 11 is 0. The van der Waals surface area contributed by atoms with Crippen molar-refractivity contribution in [3.8, 4) is 0 Å². The fraction of sp³-hybridized carbons (Fsp3) is 0.769. The molecule has 0 bridgehead atoms. The third-order valence-electron chi connectivity index (χ3n) is 3.99. The highest BCUT2D eigenvalue weighted by molar-refractivity contribution is 7.89. The summed E-state index contributed by atoms with van der Waals surface area (Å²) in [6.45, 7) is 5.87. The summed E-state index contributed by atoms with van der Waals surface area (Å²) in [5, 5.41) is 6.99. The fourth-order valence-corrected chi connectivity index (χ4v) is 4.30. The SMILES string of the molecule is COCC1(CNS(=O)(=O)c2c(C)noc2C)CCNCC1.Cl. The van der Waals surface area contributed by atoms with Crippen molar-refractivity contribution >= 4 is 22.4 Å². The van der Waals surface area contributed by atoms with E-state index >= 15 is 0 Å². The highest BCUT2D eigenvalue weighted by atomic mass is 35.5. The van der Waals surface area contributed by atoms with Gasteiger partial charge in [-0.3, -0.25) is 0 Å². The number of hydrogen-bond donors (Lipinski definition) is 2. The summed E-state index contributed by atoms with van der Waals surface area (Å²) in [5.41, 5.74) is 0.220. The van der Waals surface area contributed by atoms with Gasteiger partial charge in [0.25, 0.3) is 0 Å². The molecule has 22 heavy (non-hydrogen) atoms. The van der Waals surface area contributed by atoms with Gasteiger partial charge in [-0.05, 0) is 39.8 Å². The zero-order valence-electron chi connectivity index (χ0n) is 13.1. The van der Waals surface area contributed by atoms with E-state index in [4.69, 9.17) is 9.26 Å². The van der Waals surface area contributed by atoms with Crippen molar-refractivity contribution in [1.29, 1.82) is 0 Å². The van der Waals surface area contributed by atoms with Gasteiger partial charge in [0, 0.05) is 19.1 Å². The normalized spacial score (nSPS) is 18.0. The van der Waals surface area contributed by atoms with Crippen LogP contribution in [0.4, 0.5) is 0 Å². The molecule has 0 spiro atoms. The maximum atomic E-state index is 12.5. The molecule has 2 heterocycles. The lowest BCUT2D eigenvalue weighted by molar-refractivity contribution is 0.0577. The van der Waals surface area contributed by atoms with E-state index in [2.05, 4.69) is 15.2 Å². The molecule has 0 unspecified atom stereocenters. The second-order valence-corrected chi connectivity index (χ2v) is 7.36. The van der Waals surface area contributed by atoms with Crippen LogP contribution in [-0.4, -0.2) is 46.9 Å². The molecule has 1 aliphatic rings. The van der Waals surface area contributed by atoms with Gasteiger partial charge in [0.15, 0.2) is 5.76 Å². The quantitative estimate of drug-likeness (QED) is 0.792. The van der Waals surface area contributed by atoms with Gasteiger partial charge in [0.05, 0.1) is 6.61 Å². The average Bonchev–Trinajstić information content (AvgIpc) is 2.78. The Morgan fingerprint density at radius 2 is 2.00 bits per heavy atom. The molecule has 1 aliphatic heterocycles. The highest BCUT2D eigenvalue weighted by Gasteiger charge is 2.34. The van der Waals surface area contributed by atoms with Crippen LogP contribution in [0.3, 0.4) is 0 Å². The maximum absolute atomic E-state index is 12.5. The summed E-state index contributed by atoms with van der Waals surface area (Å²) in [5.74, 6) is 0.311. The van der Waals surface area contributed by atoms with Gasteiger partial charge in [0.1, 0.15) is 10.6 Å². The number of aryl methyl sites for hydroxylation is 2. The van der Waals surface area contributed by atoms with Crippen molar-refractivity contribution in [3.05, 3.63) is 11.5 Å². The topological polar surface area (TPSA) is 93.5 Å². The Bertz CT molecular complexity index is 557. The molecule has 0 atom stereocenters. The third kappa shape index (κ3) is 4.20. The molecule has 2 rings (SSSR count). The molecule has 9 heteroatoms. The number of piperidine rings is 1. The van der Waals surface area contributed by atoms with Crippen molar-refractivity contribution in [2.24, 2.45) is 5.41 Å². The zero-order chi connectivity index (χ0) is 15.5. The lowest BCUT2D eigenvalue weighted by Crippen LogP contribution is -2.47. The first-order chi connectivity index (χ1) is 9.90. The molecular weight excluding hydrogens is 330 g/mol. The number of sulfonamides is 1. The smallest absolute Gasteiger partial charge is 0.245 e. The van der Waals surface area contributed by atoms with E-state index < -0.39 is 10.0 Å². The van der Waals surface area contributed by atoms with Crippen LogP contribution in [0.2, 0.25) is 0 Å². The number of nitrogens with one attached hydrogen (secondary N) is 2. The molecule has 1 fully saturated rings. The van der Waals surface area contributed by atoms with Crippen molar-refractivity contribution in [1.82, 2.24) is 15.2 Å². The van der Waals surface area contributed by atoms with Gasteiger partial charge in [-0.2, -0.15) is 0 Å². The number of ether oxygens (including phenoxy) is 1. The largest absolute Gasteiger partial charge is 0.384 e. The van der Waals surface area contributed by atoms with Gasteiger partial charge in [-0.15, -0.1) is 12.4 Å². The van der Waals surface area contributed by atoms with Crippen molar-refractivity contribution < 1.29 is 17.7 Å². The van der Waals surface area contributed by atoms with Crippen LogP contribution < -0.4 is 10.0 Å². The number of aromatic nitrogens is 1. The minimum Gasteiger partial charge on any atom is -0.384 e. The number of hydrogen-bond acceptors (Lipinski definition) is 6. The van der Waals surface area contributed by atoms with Crippen LogP contribution in [0.1, 0.15) is 24.3 Å². The maximum Gasteiger partial charge on any atom is 0.245 e. The average molecular weight is 354 g/mol. The highest BCUT2D eigenvalue weighted by Crippen LogP contribution is 2.29.